The number of benzene rings is 1. The quantitative estimate of drug-likeness (QED) is 0.451. The van der Waals surface area contributed by atoms with Crippen molar-refractivity contribution in [3.8, 4) is 5.69 Å². The third-order valence-corrected chi connectivity index (χ3v) is 7.37. The molecular formula is C25H30N6OS. The molecule has 0 atom stereocenters. The molecule has 0 bridgehead atoms. The SMILES string of the molecule is CC(C)n1c(=O)c2cnc(Nc3ccc4c(c3)CCNC4)nc2n1-c1csc(C(C)(C)C)c1. The van der Waals surface area contributed by atoms with Gasteiger partial charge in [0.2, 0.25) is 5.95 Å². The number of hydrogen-bond acceptors (Lipinski definition) is 6. The summed E-state index contributed by atoms with van der Waals surface area (Å²) in [5, 5.41) is 9.37. The lowest BCUT2D eigenvalue weighted by Gasteiger charge is -2.18. The average molecular weight is 463 g/mol. The number of anilines is 2. The van der Waals surface area contributed by atoms with Gasteiger partial charge in [0.05, 0.1) is 5.69 Å². The Balaban J connectivity index is 1.61. The molecule has 5 rings (SSSR count). The first-order chi connectivity index (χ1) is 15.7. The third kappa shape index (κ3) is 3.98. The predicted octanol–water partition coefficient (Wildman–Crippen LogP) is 4.91. The topological polar surface area (TPSA) is 76.8 Å². The van der Waals surface area contributed by atoms with E-state index in [2.05, 4.69) is 66.0 Å². The molecule has 0 spiro atoms. The second kappa shape index (κ2) is 8.11. The lowest BCUT2D eigenvalue weighted by Crippen LogP contribution is -2.24. The number of fused-ring (bicyclic) bond motifs is 2. The normalized spacial score (nSPS) is 14.1. The molecule has 1 aliphatic heterocycles. The van der Waals surface area contributed by atoms with Crippen LogP contribution in [0.15, 0.2) is 40.6 Å². The fourth-order valence-electron chi connectivity index (χ4n) is 4.29. The van der Waals surface area contributed by atoms with Crippen molar-refractivity contribution in [2.75, 3.05) is 11.9 Å². The summed E-state index contributed by atoms with van der Waals surface area (Å²) in [6, 6.07) is 8.52. The maximum atomic E-state index is 13.2. The Kier molecular flexibility index (Phi) is 5.37. The van der Waals surface area contributed by atoms with Crippen LogP contribution >= 0.6 is 11.3 Å². The van der Waals surface area contributed by atoms with E-state index in [1.54, 1.807) is 22.2 Å². The molecule has 33 heavy (non-hydrogen) atoms. The van der Waals surface area contributed by atoms with Crippen molar-refractivity contribution in [2.45, 2.75) is 59.0 Å². The Morgan fingerprint density at radius 3 is 2.73 bits per heavy atom. The molecule has 0 fully saturated rings. The van der Waals surface area contributed by atoms with Gasteiger partial charge < -0.3 is 10.6 Å². The van der Waals surface area contributed by atoms with Crippen molar-refractivity contribution in [3.05, 3.63) is 62.2 Å². The van der Waals surface area contributed by atoms with Crippen LogP contribution in [0.1, 0.15) is 56.7 Å². The van der Waals surface area contributed by atoms with Gasteiger partial charge in [-0.2, -0.15) is 4.98 Å². The summed E-state index contributed by atoms with van der Waals surface area (Å²) in [7, 11) is 0. The second-order valence-corrected chi connectivity index (χ2v) is 10.9. The van der Waals surface area contributed by atoms with Crippen molar-refractivity contribution in [1.82, 2.24) is 24.6 Å². The highest BCUT2D eigenvalue weighted by Crippen LogP contribution is 2.32. The van der Waals surface area contributed by atoms with Crippen molar-refractivity contribution in [3.63, 3.8) is 0 Å². The van der Waals surface area contributed by atoms with Crippen LogP contribution in [0, 0.1) is 0 Å². The minimum atomic E-state index is -0.0728. The Morgan fingerprint density at radius 2 is 2.00 bits per heavy atom. The maximum Gasteiger partial charge on any atom is 0.278 e. The number of hydrogen-bond donors (Lipinski definition) is 2. The van der Waals surface area contributed by atoms with Crippen LogP contribution in [-0.4, -0.2) is 25.9 Å². The van der Waals surface area contributed by atoms with E-state index in [1.807, 2.05) is 18.5 Å². The Labute approximate surface area is 197 Å². The van der Waals surface area contributed by atoms with E-state index in [9.17, 15) is 4.79 Å². The van der Waals surface area contributed by atoms with Crippen LogP contribution in [0.4, 0.5) is 11.6 Å². The van der Waals surface area contributed by atoms with Gasteiger partial charge in [0.25, 0.3) is 5.56 Å². The minimum absolute atomic E-state index is 0.0182. The standard InChI is InChI=1S/C25H30N6OS/c1-15(2)30-23(32)20-13-27-24(28-18-7-6-17-12-26-9-8-16(17)10-18)29-22(20)31(30)19-11-21(33-14-19)25(3,4)5/h6-7,10-11,13-15,26H,8-9,12H2,1-5H3,(H,27,28,29). The van der Waals surface area contributed by atoms with Crippen molar-refractivity contribution in [2.24, 2.45) is 0 Å². The molecule has 0 amide bonds. The number of thiophene rings is 1. The molecule has 172 valence electrons. The minimum Gasteiger partial charge on any atom is -0.324 e. The van der Waals surface area contributed by atoms with E-state index in [4.69, 9.17) is 4.98 Å². The Bertz CT molecular complexity index is 1390. The van der Waals surface area contributed by atoms with Gasteiger partial charge in [0, 0.05) is 34.7 Å². The number of rotatable bonds is 4. The molecule has 0 radical (unpaired) electrons. The van der Waals surface area contributed by atoms with Gasteiger partial charge in [-0.15, -0.1) is 11.3 Å². The fraction of sp³-hybridized carbons (Fsp3) is 0.400. The van der Waals surface area contributed by atoms with Gasteiger partial charge in [-0.05, 0) is 61.6 Å². The maximum absolute atomic E-state index is 13.2. The molecule has 0 saturated heterocycles. The summed E-state index contributed by atoms with van der Waals surface area (Å²) in [6.07, 6.45) is 2.65. The van der Waals surface area contributed by atoms with Gasteiger partial charge >= 0.3 is 0 Å². The molecule has 0 saturated carbocycles. The van der Waals surface area contributed by atoms with E-state index in [-0.39, 0.29) is 17.0 Å². The summed E-state index contributed by atoms with van der Waals surface area (Å²) < 4.78 is 3.71. The lowest BCUT2D eigenvalue weighted by atomic mass is 9.95. The van der Waals surface area contributed by atoms with Crippen LogP contribution in [0.2, 0.25) is 0 Å². The summed E-state index contributed by atoms with van der Waals surface area (Å²) in [4.78, 5) is 23.8. The summed E-state index contributed by atoms with van der Waals surface area (Å²) >= 11 is 1.71. The van der Waals surface area contributed by atoms with E-state index in [0.717, 1.165) is 30.9 Å². The predicted molar refractivity (Wildman–Crippen MR) is 135 cm³/mol. The van der Waals surface area contributed by atoms with E-state index < -0.39 is 0 Å². The Morgan fingerprint density at radius 1 is 1.18 bits per heavy atom. The van der Waals surface area contributed by atoms with Crippen LogP contribution in [0.5, 0.6) is 0 Å². The van der Waals surface area contributed by atoms with Crippen LogP contribution < -0.4 is 16.2 Å². The van der Waals surface area contributed by atoms with Crippen LogP contribution in [0.3, 0.4) is 0 Å². The molecule has 1 aromatic carbocycles. The number of nitrogens with zero attached hydrogens (tertiary/aromatic N) is 4. The highest BCUT2D eigenvalue weighted by atomic mass is 32.1. The van der Waals surface area contributed by atoms with Crippen molar-refractivity contribution >= 4 is 34.0 Å². The van der Waals surface area contributed by atoms with Crippen LogP contribution in [0.25, 0.3) is 16.7 Å². The molecule has 4 heterocycles. The largest absolute Gasteiger partial charge is 0.324 e. The molecule has 0 unspecified atom stereocenters. The van der Waals surface area contributed by atoms with Gasteiger partial charge in [-0.3, -0.25) is 4.79 Å². The number of aromatic nitrogens is 4. The van der Waals surface area contributed by atoms with Crippen molar-refractivity contribution in [1.29, 1.82) is 0 Å². The lowest BCUT2D eigenvalue weighted by molar-refractivity contribution is 0.476. The second-order valence-electron chi connectivity index (χ2n) is 9.94. The number of nitrogens with one attached hydrogen (secondary N) is 2. The first-order valence-electron chi connectivity index (χ1n) is 11.4. The molecule has 1 aliphatic rings. The summed E-state index contributed by atoms with van der Waals surface area (Å²) in [5.74, 6) is 0.484. The molecule has 4 aromatic rings. The smallest absolute Gasteiger partial charge is 0.278 e. The highest BCUT2D eigenvalue weighted by Gasteiger charge is 2.22. The zero-order valence-corrected chi connectivity index (χ0v) is 20.6. The zero-order chi connectivity index (χ0) is 23.3. The van der Waals surface area contributed by atoms with E-state index in [0.29, 0.717) is 17.0 Å². The molecule has 8 heteroatoms. The fourth-order valence-corrected chi connectivity index (χ4v) is 5.25. The van der Waals surface area contributed by atoms with E-state index in [1.165, 1.54) is 16.0 Å². The summed E-state index contributed by atoms with van der Waals surface area (Å²) in [5.41, 5.74) is 5.17. The molecule has 0 aliphatic carbocycles. The van der Waals surface area contributed by atoms with Gasteiger partial charge in [-0.25, -0.2) is 14.3 Å². The highest BCUT2D eigenvalue weighted by molar-refractivity contribution is 7.10. The van der Waals surface area contributed by atoms with Gasteiger partial charge in [0.1, 0.15) is 5.39 Å². The third-order valence-electron chi connectivity index (χ3n) is 6.03. The monoisotopic (exact) mass is 462 g/mol. The van der Waals surface area contributed by atoms with Crippen molar-refractivity contribution < 1.29 is 0 Å². The van der Waals surface area contributed by atoms with Gasteiger partial charge in [-0.1, -0.05) is 26.8 Å². The first-order valence-corrected chi connectivity index (χ1v) is 12.3. The molecular weight excluding hydrogens is 432 g/mol. The average Bonchev–Trinajstić information content (AvgIpc) is 3.37. The van der Waals surface area contributed by atoms with E-state index >= 15 is 0 Å². The van der Waals surface area contributed by atoms with Crippen LogP contribution in [-0.2, 0) is 18.4 Å². The zero-order valence-electron chi connectivity index (χ0n) is 19.8. The molecule has 7 nitrogen and oxygen atoms in total. The first kappa shape index (κ1) is 21.9. The van der Waals surface area contributed by atoms with Gasteiger partial charge in [0.15, 0.2) is 5.65 Å². The molecule has 3 aromatic heterocycles. The molecule has 2 N–H and O–H groups in total. The summed E-state index contributed by atoms with van der Waals surface area (Å²) in [6.45, 7) is 12.5. The Hall–Kier alpha value is -2.97.